The second-order valence-corrected chi connectivity index (χ2v) is 6.20. The van der Waals surface area contributed by atoms with E-state index in [-0.39, 0.29) is 5.69 Å². The van der Waals surface area contributed by atoms with Crippen molar-refractivity contribution in [3.05, 3.63) is 54.5 Å². The monoisotopic (exact) mass is 347 g/mol. The number of anilines is 3. The SMILES string of the molecule is CN(C)c1cccc(Nc2nc3cc(C(=O)O)[nH]c3c3ccncc23)c1. The number of carboxylic acid groups (broad SMARTS) is 1. The lowest BCUT2D eigenvalue weighted by molar-refractivity contribution is 0.0691. The molecule has 0 aliphatic heterocycles. The molecule has 26 heavy (non-hydrogen) atoms. The Hall–Kier alpha value is -3.61. The van der Waals surface area contributed by atoms with Gasteiger partial charge in [-0.15, -0.1) is 0 Å². The molecule has 0 radical (unpaired) electrons. The minimum atomic E-state index is -1.02. The summed E-state index contributed by atoms with van der Waals surface area (Å²) in [5.41, 5.74) is 3.34. The van der Waals surface area contributed by atoms with E-state index in [0.29, 0.717) is 16.9 Å². The number of hydrogen-bond acceptors (Lipinski definition) is 5. The zero-order valence-electron chi connectivity index (χ0n) is 14.3. The van der Waals surface area contributed by atoms with Gasteiger partial charge in [0.25, 0.3) is 0 Å². The Labute approximate surface area is 149 Å². The van der Waals surface area contributed by atoms with Crippen molar-refractivity contribution in [3.8, 4) is 0 Å². The number of carboxylic acids is 1. The van der Waals surface area contributed by atoms with Gasteiger partial charge < -0.3 is 20.3 Å². The van der Waals surface area contributed by atoms with Gasteiger partial charge in [-0.3, -0.25) is 4.98 Å². The van der Waals surface area contributed by atoms with Gasteiger partial charge in [-0.25, -0.2) is 9.78 Å². The third-order valence-electron chi connectivity index (χ3n) is 4.23. The molecule has 0 amide bonds. The van der Waals surface area contributed by atoms with Crippen LogP contribution in [0, 0.1) is 0 Å². The molecule has 0 unspecified atom stereocenters. The molecule has 0 spiro atoms. The number of pyridine rings is 2. The molecule has 0 fully saturated rings. The topological polar surface area (TPSA) is 94.1 Å². The predicted octanol–water partition coefficient (Wildman–Crippen LogP) is 3.62. The quantitative estimate of drug-likeness (QED) is 0.522. The molecule has 0 atom stereocenters. The Balaban J connectivity index is 1.88. The average Bonchev–Trinajstić information content (AvgIpc) is 3.07. The van der Waals surface area contributed by atoms with Crippen molar-refractivity contribution in [1.82, 2.24) is 15.0 Å². The van der Waals surface area contributed by atoms with E-state index >= 15 is 0 Å². The van der Waals surface area contributed by atoms with Crippen LogP contribution in [0.25, 0.3) is 21.8 Å². The highest BCUT2D eigenvalue weighted by atomic mass is 16.4. The van der Waals surface area contributed by atoms with Crippen molar-refractivity contribution >= 4 is 45.0 Å². The number of hydrogen-bond donors (Lipinski definition) is 3. The van der Waals surface area contributed by atoms with E-state index in [2.05, 4.69) is 20.3 Å². The summed E-state index contributed by atoms with van der Waals surface area (Å²) in [6.45, 7) is 0. The fraction of sp³-hybridized carbons (Fsp3) is 0.105. The van der Waals surface area contributed by atoms with Crippen molar-refractivity contribution in [2.24, 2.45) is 0 Å². The predicted molar refractivity (Wildman–Crippen MR) is 102 cm³/mol. The summed E-state index contributed by atoms with van der Waals surface area (Å²) in [5, 5.41) is 14.3. The van der Waals surface area contributed by atoms with Gasteiger partial charge in [0.1, 0.15) is 11.5 Å². The number of benzene rings is 1. The van der Waals surface area contributed by atoms with E-state index < -0.39 is 5.97 Å². The largest absolute Gasteiger partial charge is 0.477 e. The molecule has 130 valence electrons. The van der Waals surface area contributed by atoms with E-state index in [1.165, 1.54) is 0 Å². The van der Waals surface area contributed by atoms with Crippen LogP contribution in [0.2, 0.25) is 0 Å². The number of fused-ring (bicyclic) bond motifs is 3. The lowest BCUT2D eigenvalue weighted by atomic mass is 10.1. The van der Waals surface area contributed by atoms with Crippen LogP contribution in [-0.2, 0) is 0 Å². The summed E-state index contributed by atoms with van der Waals surface area (Å²) < 4.78 is 0. The van der Waals surface area contributed by atoms with Crippen LogP contribution < -0.4 is 10.2 Å². The van der Waals surface area contributed by atoms with Gasteiger partial charge in [-0.05, 0) is 30.3 Å². The standard InChI is InChI=1S/C19H17N5O2/c1-24(2)12-5-3-4-11(8-12)21-18-14-10-20-7-6-13(14)17-15(23-18)9-16(22-17)19(25)26/h3-10,22H,1-2H3,(H,21,23)(H,25,26). The highest BCUT2D eigenvalue weighted by Gasteiger charge is 2.14. The third-order valence-corrected chi connectivity index (χ3v) is 4.23. The van der Waals surface area contributed by atoms with Gasteiger partial charge in [0, 0.05) is 48.6 Å². The van der Waals surface area contributed by atoms with E-state index in [0.717, 1.165) is 22.1 Å². The number of nitrogens with zero attached hydrogens (tertiary/aromatic N) is 3. The van der Waals surface area contributed by atoms with E-state index in [9.17, 15) is 9.90 Å². The lowest BCUT2D eigenvalue weighted by Crippen LogP contribution is -2.08. The molecular formula is C19H17N5O2. The first kappa shape index (κ1) is 15.9. The van der Waals surface area contributed by atoms with Crippen molar-refractivity contribution in [1.29, 1.82) is 0 Å². The Morgan fingerprint density at radius 1 is 1.19 bits per heavy atom. The van der Waals surface area contributed by atoms with Crippen LogP contribution in [0.5, 0.6) is 0 Å². The maximum atomic E-state index is 11.3. The molecule has 0 saturated heterocycles. The first-order chi connectivity index (χ1) is 12.5. The Bertz CT molecular complexity index is 1130. The van der Waals surface area contributed by atoms with Crippen molar-refractivity contribution in [2.45, 2.75) is 0 Å². The van der Waals surface area contributed by atoms with E-state index in [1.54, 1.807) is 18.5 Å². The summed E-state index contributed by atoms with van der Waals surface area (Å²) in [6, 6.07) is 11.4. The van der Waals surface area contributed by atoms with Crippen molar-refractivity contribution in [2.75, 3.05) is 24.3 Å². The summed E-state index contributed by atoms with van der Waals surface area (Å²) in [5.74, 6) is -0.383. The Kier molecular flexibility index (Phi) is 3.69. The average molecular weight is 347 g/mol. The molecule has 0 saturated carbocycles. The maximum Gasteiger partial charge on any atom is 0.352 e. The zero-order chi connectivity index (χ0) is 18.3. The van der Waals surface area contributed by atoms with Gasteiger partial charge in [-0.2, -0.15) is 0 Å². The first-order valence-electron chi connectivity index (χ1n) is 8.07. The highest BCUT2D eigenvalue weighted by molar-refractivity contribution is 6.10. The van der Waals surface area contributed by atoms with Crippen LogP contribution in [0.4, 0.5) is 17.2 Å². The smallest absolute Gasteiger partial charge is 0.352 e. The first-order valence-corrected chi connectivity index (χ1v) is 8.07. The van der Waals surface area contributed by atoms with Crippen LogP contribution in [0.15, 0.2) is 48.8 Å². The fourth-order valence-electron chi connectivity index (χ4n) is 2.93. The van der Waals surface area contributed by atoms with Gasteiger partial charge in [-0.1, -0.05) is 6.07 Å². The number of aromatic amines is 1. The second-order valence-electron chi connectivity index (χ2n) is 6.20. The van der Waals surface area contributed by atoms with Gasteiger partial charge in [0.2, 0.25) is 0 Å². The number of rotatable bonds is 4. The second kappa shape index (κ2) is 6.03. The molecule has 3 aromatic heterocycles. The molecule has 4 rings (SSSR count). The Morgan fingerprint density at radius 3 is 2.81 bits per heavy atom. The van der Waals surface area contributed by atoms with E-state index in [4.69, 9.17) is 0 Å². The van der Waals surface area contributed by atoms with Crippen molar-refractivity contribution in [3.63, 3.8) is 0 Å². The number of H-pyrrole nitrogens is 1. The fourth-order valence-corrected chi connectivity index (χ4v) is 2.93. The minimum Gasteiger partial charge on any atom is -0.477 e. The number of carbonyl (C=O) groups is 1. The molecule has 4 aromatic rings. The number of aromatic nitrogens is 3. The normalized spacial score (nSPS) is 11.0. The van der Waals surface area contributed by atoms with E-state index in [1.807, 2.05) is 49.3 Å². The molecule has 3 heterocycles. The zero-order valence-corrected chi connectivity index (χ0v) is 14.3. The lowest BCUT2D eigenvalue weighted by Gasteiger charge is -2.15. The van der Waals surface area contributed by atoms with Crippen LogP contribution >= 0.6 is 0 Å². The summed E-state index contributed by atoms with van der Waals surface area (Å²) in [7, 11) is 3.96. The molecular weight excluding hydrogens is 330 g/mol. The molecule has 3 N–H and O–H groups in total. The third kappa shape index (κ3) is 2.69. The molecule has 1 aromatic carbocycles. The van der Waals surface area contributed by atoms with Gasteiger partial charge in [0.05, 0.1) is 11.0 Å². The van der Waals surface area contributed by atoms with Crippen LogP contribution in [0.1, 0.15) is 10.5 Å². The molecule has 7 heteroatoms. The van der Waals surface area contributed by atoms with Gasteiger partial charge >= 0.3 is 5.97 Å². The van der Waals surface area contributed by atoms with Crippen LogP contribution in [0.3, 0.4) is 0 Å². The minimum absolute atomic E-state index is 0.109. The molecule has 0 bridgehead atoms. The Morgan fingerprint density at radius 2 is 2.04 bits per heavy atom. The molecule has 0 aliphatic rings. The number of aromatic carboxylic acids is 1. The summed E-state index contributed by atoms with van der Waals surface area (Å²) >= 11 is 0. The van der Waals surface area contributed by atoms with Crippen molar-refractivity contribution < 1.29 is 9.90 Å². The molecule has 0 aliphatic carbocycles. The maximum absolute atomic E-state index is 11.3. The summed E-state index contributed by atoms with van der Waals surface area (Å²) in [4.78, 5) is 25.0. The van der Waals surface area contributed by atoms with Crippen LogP contribution in [-0.4, -0.2) is 40.1 Å². The number of nitrogens with one attached hydrogen (secondary N) is 2. The molecule has 7 nitrogen and oxygen atoms in total. The summed E-state index contributed by atoms with van der Waals surface area (Å²) in [6.07, 6.45) is 3.40. The highest BCUT2D eigenvalue weighted by Crippen LogP contribution is 2.31. The van der Waals surface area contributed by atoms with Gasteiger partial charge in [0.15, 0.2) is 0 Å².